The molecule has 0 saturated heterocycles. The van der Waals surface area contributed by atoms with Crippen LogP contribution >= 0.6 is 0 Å². The molecule has 2 rings (SSSR count). The molecule has 0 atom stereocenters. The first-order chi connectivity index (χ1) is 12.1. The van der Waals surface area contributed by atoms with E-state index in [0.717, 1.165) is 13.0 Å². The molecule has 0 spiro atoms. The van der Waals surface area contributed by atoms with Crippen LogP contribution in [0.1, 0.15) is 50.5 Å². The molecule has 134 valence electrons. The van der Waals surface area contributed by atoms with Crippen molar-refractivity contribution in [1.82, 2.24) is 9.97 Å². The molecule has 0 saturated carbocycles. The first-order valence-corrected chi connectivity index (χ1v) is 8.73. The quantitative estimate of drug-likeness (QED) is 0.671. The van der Waals surface area contributed by atoms with Crippen molar-refractivity contribution < 1.29 is 9.53 Å². The fourth-order valence-corrected chi connectivity index (χ4v) is 2.24. The maximum atomic E-state index is 12.4. The number of hydrogen-bond acceptors (Lipinski definition) is 5. The summed E-state index contributed by atoms with van der Waals surface area (Å²) in [6.07, 6.45) is 6.53. The third kappa shape index (κ3) is 6.06. The van der Waals surface area contributed by atoms with Crippen LogP contribution in [0, 0.1) is 0 Å². The summed E-state index contributed by atoms with van der Waals surface area (Å²) >= 11 is 0. The number of carbonyl (C=O) groups is 1. The Balaban J connectivity index is 1.97. The molecule has 2 aromatic rings. The Morgan fingerprint density at radius 1 is 1.16 bits per heavy atom. The number of nitrogens with zero attached hydrogens (tertiary/aromatic N) is 2. The van der Waals surface area contributed by atoms with Gasteiger partial charge in [0.25, 0.3) is 5.91 Å². The SMILES string of the molecule is CCCCCNc1cnc(C(=O)Nc2ccccc2OC(C)C)cn1. The van der Waals surface area contributed by atoms with Crippen molar-refractivity contribution in [2.75, 3.05) is 17.2 Å². The van der Waals surface area contributed by atoms with E-state index in [1.807, 2.05) is 32.0 Å². The van der Waals surface area contributed by atoms with E-state index >= 15 is 0 Å². The van der Waals surface area contributed by atoms with E-state index < -0.39 is 0 Å². The van der Waals surface area contributed by atoms with Gasteiger partial charge in [0, 0.05) is 6.54 Å². The number of ether oxygens (including phenoxy) is 1. The zero-order valence-corrected chi connectivity index (χ0v) is 15.1. The van der Waals surface area contributed by atoms with Gasteiger partial charge in [-0.05, 0) is 32.4 Å². The Labute approximate surface area is 149 Å². The van der Waals surface area contributed by atoms with Gasteiger partial charge in [-0.2, -0.15) is 0 Å². The van der Waals surface area contributed by atoms with Crippen LogP contribution in [0.4, 0.5) is 11.5 Å². The van der Waals surface area contributed by atoms with Gasteiger partial charge < -0.3 is 15.4 Å². The van der Waals surface area contributed by atoms with E-state index in [9.17, 15) is 4.79 Å². The molecule has 1 amide bonds. The second kappa shape index (κ2) is 9.61. The Kier molecular flexibility index (Phi) is 7.19. The number of para-hydroxylation sites is 2. The van der Waals surface area contributed by atoms with Gasteiger partial charge in [0.1, 0.15) is 17.3 Å². The van der Waals surface area contributed by atoms with Crippen molar-refractivity contribution in [2.24, 2.45) is 0 Å². The van der Waals surface area contributed by atoms with Crippen molar-refractivity contribution in [3.63, 3.8) is 0 Å². The Morgan fingerprint density at radius 2 is 1.96 bits per heavy atom. The predicted molar refractivity (Wildman–Crippen MR) is 100 cm³/mol. The summed E-state index contributed by atoms with van der Waals surface area (Å²) in [6, 6.07) is 7.33. The largest absolute Gasteiger partial charge is 0.489 e. The van der Waals surface area contributed by atoms with Gasteiger partial charge in [0.2, 0.25) is 0 Å². The smallest absolute Gasteiger partial charge is 0.275 e. The van der Waals surface area contributed by atoms with E-state index in [1.54, 1.807) is 12.3 Å². The molecule has 1 aromatic heterocycles. The van der Waals surface area contributed by atoms with E-state index in [-0.39, 0.29) is 17.7 Å². The Morgan fingerprint density at radius 3 is 2.64 bits per heavy atom. The van der Waals surface area contributed by atoms with Gasteiger partial charge in [-0.15, -0.1) is 0 Å². The summed E-state index contributed by atoms with van der Waals surface area (Å²) in [5, 5.41) is 6.03. The van der Waals surface area contributed by atoms with Crippen molar-refractivity contribution in [3.05, 3.63) is 42.4 Å². The van der Waals surface area contributed by atoms with Crippen LogP contribution < -0.4 is 15.4 Å². The summed E-state index contributed by atoms with van der Waals surface area (Å²) in [5.41, 5.74) is 0.878. The highest BCUT2D eigenvalue weighted by molar-refractivity contribution is 6.03. The number of rotatable bonds is 9. The topological polar surface area (TPSA) is 76.1 Å². The highest BCUT2D eigenvalue weighted by Crippen LogP contribution is 2.25. The van der Waals surface area contributed by atoms with Crippen molar-refractivity contribution in [3.8, 4) is 5.75 Å². The summed E-state index contributed by atoms with van der Waals surface area (Å²) in [5.74, 6) is 0.994. The van der Waals surface area contributed by atoms with Crippen LogP contribution in [0.25, 0.3) is 0 Å². The maximum absolute atomic E-state index is 12.4. The summed E-state index contributed by atoms with van der Waals surface area (Å²) in [4.78, 5) is 20.8. The monoisotopic (exact) mass is 342 g/mol. The molecule has 0 aliphatic heterocycles. The molecule has 0 unspecified atom stereocenters. The molecule has 2 N–H and O–H groups in total. The molecule has 6 heteroatoms. The van der Waals surface area contributed by atoms with Crippen molar-refractivity contribution >= 4 is 17.4 Å². The fourth-order valence-electron chi connectivity index (χ4n) is 2.24. The van der Waals surface area contributed by atoms with Crippen LogP contribution in [0.5, 0.6) is 5.75 Å². The average molecular weight is 342 g/mol. The number of benzene rings is 1. The Hall–Kier alpha value is -2.63. The average Bonchev–Trinajstić information content (AvgIpc) is 2.60. The number of hydrogen-bond donors (Lipinski definition) is 2. The minimum absolute atomic E-state index is 0.0240. The summed E-state index contributed by atoms with van der Waals surface area (Å²) in [7, 11) is 0. The van der Waals surface area contributed by atoms with Gasteiger partial charge in [0.15, 0.2) is 0 Å². The number of aromatic nitrogens is 2. The van der Waals surface area contributed by atoms with Crippen LogP contribution in [-0.2, 0) is 0 Å². The second-order valence-electron chi connectivity index (χ2n) is 6.04. The van der Waals surface area contributed by atoms with Crippen LogP contribution in [0.3, 0.4) is 0 Å². The van der Waals surface area contributed by atoms with Crippen molar-refractivity contribution in [2.45, 2.75) is 46.1 Å². The minimum atomic E-state index is -0.315. The van der Waals surface area contributed by atoms with E-state index in [1.165, 1.54) is 19.0 Å². The lowest BCUT2D eigenvalue weighted by Crippen LogP contribution is -2.16. The summed E-state index contributed by atoms with van der Waals surface area (Å²) < 4.78 is 5.70. The molecule has 0 aliphatic carbocycles. The molecular formula is C19H26N4O2. The highest BCUT2D eigenvalue weighted by atomic mass is 16.5. The minimum Gasteiger partial charge on any atom is -0.489 e. The third-order valence-corrected chi connectivity index (χ3v) is 3.47. The molecule has 0 radical (unpaired) electrons. The van der Waals surface area contributed by atoms with Gasteiger partial charge in [-0.25, -0.2) is 9.97 Å². The van der Waals surface area contributed by atoms with Crippen LogP contribution in [-0.4, -0.2) is 28.5 Å². The molecule has 1 heterocycles. The zero-order chi connectivity index (χ0) is 18.1. The van der Waals surface area contributed by atoms with Gasteiger partial charge in [-0.1, -0.05) is 31.9 Å². The number of amides is 1. The van der Waals surface area contributed by atoms with E-state index in [0.29, 0.717) is 17.3 Å². The first kappa shape index (κ1) is 18.7. The highest BCUT2D eigenvalue weighted by Gasteiger charge is 2.12. The van der Waals surface area contributed by atoms with Crippen molar-refractivity contribution in [1.29, 1.82) is 0 Å². The lowest BCUT2D eigenvalue weighted by Gasteiger charge is -2.14. The molecule has 0 fully saturated rings. The lowest BCUT2D eigenvalue weighted by molar-refractivity contribution is 0.102. The fraction of sp³-hybridized carbons (Fsp3) is 0.421. The van der Waals surface area contributed by atoms with E-state index in [4.69, 9.17) is 4.74 Å². The third-order valence-electron chi connectivity index (χ3n) is 3.47. The Bertz CT molecular complexity index is 671. The van der Waals surface area contributed by atoms with Crippen LogP contribution in [0.2, 0.25) is 0 Å². The number of anilines is 2. The molecular weight excluding hydrogens is 316 g/mol. The van der Waals surface area contributed by atoms with Crippen LogP contribution in [0.15, 0.2) is 36.7 Å². The van der Waals surface area contributed by atoms with Gasteiger partial charge >= 0.3 is 0 Å². The number of nitrogens with one attached hydrogen (secondary N) is 2. The van der Waals surface area contributed by atoms with Gasteiger partial charge in [-0.3, -0.25) is 4.79 Å². The normalized spacial score (nSPS) is 10.6. The standard InChI is InChI=1S/C19H26N4O2/c1-4-5-8-11-20-18-13-21-16(12-22-18)19(24)23-15-9-6-7-10-17(15)25-14(2)3/h6-7,9-10,12-14H,4-5,8,11H2,1-3H3,(H,20,22)(H,23,24). The first-order valence-electron chi connectivity index (χ1n) is 8.73. The second-order valence-corrected chi connectivity index (χ2v) is 6.04. The molecule has 0 aliphatic rings. The van der Waals surface area contributed by atoms with Gasteiger partial charge in [0.05, 0.1) is 24.2 Å². The predicted octanol–water partition coefficient (Wildman–Crippen LogP) is 4.12. The van der Waals surface area contributed by atoms with E-state index in [2.05, 4.69) is 27.5 Å². The molecule has 0 bridgehead atoms. The number of unbranched alkanes of at least 4 members (excludes halogenated alkanes) is 2. The molecule has 6 nitrogen and oxygen atoms in total. The molecule has 1 aromatic carbocycles. The zero-order valence-electron chi connectivity index (χ0n) is 15.1. The maximum Gasteiger partial charge on any atom is 0.275 e. The summed E-state index contributed by atoms with van der Waals surface area (Å²) in [6.45, 7) is 6.90. The molecule has 25 heavy (non-hydrogen) atoms. The number of carbonyl (C=O) groups excluding carboxylic acids is 1. The lowest BCUT2D eigenvalue weighted by atomic mass is 10.2.